The van der Waals surface area contributed by atoms with Crippen molar-refractivity contribution in [2.45, 2.75) is 18.7 Å². The van der Waals surface area contributed by atoms with Gasteiger partial charge in [0.1, 0.15) is 5.75 Å². The molecule has 0 radical (unpaired) electrons. The van der Waals surface area contributed by atoms with Crippen molar-refractivity contribution in [1.82, 2.24) is 0 Å². The summed E-state index contributed by atoms with van der Waals surface area (Å²) in [7, 11) is 0. The zero-order chi connectivity index (χ0) is 14.0. The van der Waals surface area contributed by atoms with Gasteiger partial charge in [0.05, 0.1) is 23.8 Å². The smallest absolute Gasteiger partial charge is 0.420 e. The highest BCUT2D eigenvalue weighted by molar-refractivity contribution is 5.76. The number of alkyl halides is 3. The molecule has 1 heterocycles. The minimum atomic E-state index is -4.66. The van der Waals surface area contributed by atoms with Crippen LogP contribution in [0.25, 0.3) is 0 Å². The van der Waals surface area contributed by atoms with Crippen LogP contribution in [0, 0.1) is 11.3 Å². The van der Waals surface area contributed by atoms with E-state index in [0.717, 1.165) is 6.07 Å². The third-order valence-corrected chi connectivity index (χ3v) is 2.57. The monoisotopic (exact) mass is 271 g/mol. The van der Waals surface area contributed by atoms with Gasteiger partial charge < -0.3 is 9.47 Å². The Morgan fingerprint density at radius 3 is 2.68 bits per heavy atom. The highest BCUT2D eigenvalue weighted by Gasteiger charge is 2.37. The fourth-order valence-corrected chi connectivity index (χ4v) is 1.66. The molecule has 0 saturated carbocycles. The summed E-state index contributed by atoms with van der Waals surface area (Å²) >= 11 is 0. The number of benzene rings is 1. The molecule has 0 bridgehead atoms. The van der Waals surface area contributed by atoms with Gasteiger partial charge in [-0.3, -0.25) is 0 Å². The van der Waals surface area contributed by atoms with Crippen LogP contribution in [-0.2, 0) is 15.7 Å². The van der Waals surface area contributed by atoms with Crippen LogP contribution in [0.4, 0.5) is 13.2 Å². The van der Waals surface area contributed by atoms with E-state index in [1.165, 1.54) is 6.07 Å². The molecule has 0 amide bonds. The Bertz CT molecular complexity index is 548. The summed E-state index contributed by atoms with van der Waals surface area (Å²) in [5.41, 5.74) is -1.21. The maximum Gasteiger partial charge on any atom is 0.420 e. The van der Waals surface area contributed by atoms with Crippen LogP contribution in [0.5, 0.6) is 5.75 Å². The van der Waals surface area contributed by atoms with Crippen molar-refractivity contribution in [2.24, 2.45) is 0 Å². The SMILES string of the molecule is N#Cc1ccc(OC2CCOC2=O)c(C(F)(F)F)c1. The van der Waals surface area contributed by atoms with Gasteiger partial charge in [0.25, 0.3) is 0 Å². The lowest BCUT2D eigenvalue weighted by atomic mass is 10.1. The normalized spacial score (nSPS) is 18.8. The molecule has 1 unspecified atom stereocenters. The van der Waals surface area contributed by atoms with E-state index < -0.39 is 29.6 Å². The van der Waals surface area contributed by atoms with Gasteiger partial charge in [-0.05, 0) is 18.2 Å². The highest BCUT2D eigenvalue weighted by atomic mass is 19.4. The number of nitrogens with zero attached hydrogens (tertiary/aromatic N) is 1. The Hall–Kier alpha value is -2.23. The molecular weight excluding hydrogens is 263 g/mol. The first-order chi connectivity index (χ1) is 8.91. The fraction of sp³-hybridized carbons (Fsp3) is 0.333. The molecule has 0 N–H and O–H groups in total. The average molecular weight is 271 g/mol. The number of halogens is 3. The molecule has 1 aliphatic heterocycles. The number of esters is 1. The van der Waals surface area contributed by atoms with Gasteiger partial charge in [0.15, 0.2) is 6.10 Å². The summed E-state index contributed by atoms with van der Waals surface area (Å²) < 4.78 is 48.1. The molecule has 2 rings (SSSR count). The largest absolute Gasteiger partial charge is 0.478 e. The van der Waals surface area contributed by atoms with Crippen molar-refractivity contribution in [3.8, 4) is 11.8 Å². The van der Waals surface area contributed by atoms with Crippen molar-refractivity contribution in [3.63, 3.8) is 0 Å². The summed E-state index contributed by atoms with van der Waals surface area (Å²) in [6.45, 7) is 0.126. The average Bonchev–Trinajstić information content (AvgIpc) is 2.74. The van der Waals surface area contributed by atoms with E-state index in [1.54, 1.807) is 6.07 Å². The molecule has 100 valence electrons. The second-order valence-corrected chi connectivity index (χ2v) is 3.88. The van der Waals surface area contributed by atoms with Gasteiger partial charge in [0, 0.05) is 6.42 Å². The minimum absolute atomic E-state index is 0.126. The van der Waals surface area contributed by atoms with Gasteiger partial charge >= 0.3 is 12.1 Å². The molecule has 19 heavy (non-hydrogen) atoms. The molecule has 1 aliphatic rings. The van der Waals surface area contributed by atoms with Gasteiger partial charge in [-0.1, -0.05) is 0 Å². The predicted octanol–water partition coefficient (Wildman–Crippen LogP) is 2.27. The zero-order valence-electron chi connectivity index (χ0n) is 9.53. The lowest BCUT2D eigenvalue weighted by molar-refractivity contribution is -0.146. The Morgan fingerprint density at radius 1 is 1.42 bits per heavy atom. The first-order valence-electron chi connectivity index (χ1n) is 5.36. The van der Waals surface area contributed by atoms with Crippen LogP contribution in [0.15, 0.2) is 18.2 Å². The molecule has 0 aromatic heterocycles. The topological polar surface area (TPSA) is 59.3 Å². The second-order valence-electron chi connectivity index (χ2n) is 3.88. The van der Waals surface area contributed by atoms with Crippen molar-refractivity contribution in [1.29, 1.82) is 5.26 Å². The molecule has 0 aliphatic carbocycles. The first-order valence-corrected chi connectivity index (χ1v) is 5.36. The molecule has 1 saturated heterocycles. The second kappa shape index (κ2) is 4.80. The van der Waals surface area contributed by atoms with Crippen LogP contribution >= 0.6 is 0 Å². The van der Waals surface area contributed by atoms with E-state index in [2.05, 4.69) is 4.74 Å². The van der Waals surface area contributed by atoms with E-state index in [9.17, 15) is 18.0 Å². The van der Waals surface area contributed by atoms with Gasteiger partial charge in [-0.25, -0.2) is 4.79 Å². The molecule has 4 nitrogen and oxygen atoms in total. The van der Waals surface area contributed by atoms with Crippen molar-refractivity contribution >= 4 is 5.97 Å². The minimum Gasteiger partial charge on any atom is -0.478 e. The Balaban J connectivity index is 2.34. The van der Waals surface area contributed by atoms with E-state index >= 15 is 0 Å². The molecule has 1 aromatic rings. The van der Waals surface area contributed by atoms with E-state index in [1.807, 2.05) is 0 Å². The molecule has 7 heteroatoms. The number of cyclic esters (lactones) is 1. The third-order valence-electron chi connectivity index (χ3n) is 2.57. The molecular formula is C12H8F3NO3. The van der Waals surface area contributed by atoms with Crippen molar-refractivity contribution in [2.75, 3.05) is 6.61 Å². The molecule has 1 fully saturated rings. The Kier molecular flexibility index (Phi) is 3.34. The lowest BCUT2D eigenvalue weighted by Crippen LogP contribution is -2.23. The quantitative estimate of drug-likeness (QED) is 0.774. The maximum atomic E-state index is 12.8. The lowest BCUT2D eigenvalue weighted by Gasteiger charge is -2.16. The number of nitriles is 1. The summed E-state index contributed by atoms with van der Waals surface area (Å²) in [5.74, 6) is -1.16. The van der Waals surface area contributed by atoms with Gasteiger partial charge in [0.2, 0.25) is 0 Å². The van der Waals surface area contributed by atoms with Crippen molar-refractivity contribution in [3.05, 3.63) is 29.3 Å². The van der Waals surface area contributed by atoms with Gasteiger partial charge in [-0.2, -0.15) is 18.4 Å². The number of carbonyl (C=O) groups excluding carboxylic acids is 1. The fourth-order valence-electron chi connectivity index (χ4n) is 1.66. The number of ether oxygens (including phenoxy) is 2. The summed E-state index contributed by atoms with van der Waals surface area (Å²) in [4.78, 5) is 11.2. The van der Waals surface area contributed by atoms with Crippen molar-refractivity contribution < 1.29 is 27.4 Å². The molecule has 1 aromatic carbocycles. The first kappa shape index (κ1) is 13.2. The number of hydrogen-bond acceptors (Lipinski definition) is 4. The van der Waals surface area contributed by atoms with E-state index in [-0.39, 0.29) is 18.6 Å². The summed E-state index contributed by atoms with van der Waals surface area (Å²) in [6.07, 6.45) is -5.49. The maximum absolute atomic E-state index is 12.8. The Labute approximate surface area is 106 Å². The zero-order valence-corrected chi connectivity index (χ0v) is 9.53. The van der Waals surface area contributed by atoms with Crippen LogP contribution in [0.2, 0.25) is 0 Å². The van der Waals surface area contributed by atoms with Crippen LogP contribution < -0.4 is 4.74 Å². The summed E-state index contributed by atoms with van der Waals surface area (Å²) in [5, 5.41) is 8.61. The predicted molar refractivity (Wildman–Crippen MR) is 56.2 cm³/mol. The molecule has 1 atom stereocenters. The van der Waals surface area contributed by atoms with Crippen LogP contribution in [-0.4, -0.2) is 18.7 Å². The highest BCUT2D eigenvalue weighted by Crippen LogP contribution is 2.37. The summed E-state index contributed by atoms with van der Waals surface area (Å²) in [6, 6.07) is 4.55. The standard InChI is InChI=1S/C12H8F3NO3/c13-12(14,15)8-5-7(6-16)1-2-9(8)19-10-3-4-18-11(10)17/h1-2,5,10H,3-4H2. The Morgan fingerprint density at radius 2 is 2.16 bits per heavy atom. The van der Waals surface area contributed by atoms with E-state index in [0.29, 0.717) is 6.07 Å². The van der Waals surface area contributed by atoms with E-state index in [4.69, 9.17) is 10.00 Å². The number of rotatable bonds is 2. The molecule has 0 spiro atoms. The van der Waals surface area contributed by atoms with Crippen LogP contribution in [0.3, 0.4) is 0 Å². The number of hydrogen-bond donors (Lipinski definition) is 0. The van der Waals surface area contributed by atoms with Gasteiger partial charge in [-0.15, -0.1) is 0 Å². The number of carbonyl (C=O) groups is 1. The third kappa shape index (κ3) is 2.78. The van der Waals surface area contributed by atoms with Crippen LogP contribution in [0.1, 0.15) is 17.5 Å².